The molecular weight excluding hydrogens is 609 g/mol. The Morgan fingerprint density at radius 1 is 0.320 bits per heavy atom. The monoisotopic (exact) mass is 628 g/mol. The molecule has 0 fully saturated rings. The van der Waals surface area contributed by atoms with Gasteiger partial charge in [-0.1, -0.05) is 84.9 Å². The Labute approximate surface area is 285 Å². The van der Waals surface area contributed by atoms with Crippen LogP contribution in [0.15, 0.2) is 121 Å². The number of hydrogen-bond acceptors (Lipinski definition) is 4. The Kier molecular flexibility index (Phi) is 5.52. The molecule has 0 unspecified atom stereocenters. The molecule has 0 N–H and O–H groups in total. The van der Waals surface area contributed by atoms with Gasteiger partial charge in [0.05, 0.1) is 46.5 Å². The lowest BCUT2D eigenvalue weighted by atomic mass is 9.83. The van der Waals surface area contributed by atoms with E-state index < -0.39 is 0 Å². The molecule has 0 aliphatic heterocycles. The van der Waals surface area contributed by atoms with E-state index in [9.17, 15) is 21.0 Å². The van der Waals surface area contributed by atoms with Gasteiger partial charge >= 0.3 is 0 Å². The quantitative estimate of drug-likeness (QED) is 0.190. The molecule has 0 heterocycles. The third-order valence-corrected chi connectivity index (χ3v) is 10.5. The molecule has 0 aliphatic rings. The van der Waals surface area contributed by atoms with Gasteiger partial charge in [0.1, 0.15) is 0 Å². The van der Waals surface area contributed by atoms with Crippen LogP contribution in [0.4, 0.5) is 0 Å². The van der Waals surface area contributed by atoms with Gasteiger partial charge in [0.25, 0.3) is 0 Å². The predicted octanol–water partition coefficient (Wildman–Crippen LogP) is 11.5. The molecular formula is C46H20N4. The topological polar surface area (TPSA) is 95.2 Å². The Balaban J connectivity index is 1.56. The van der Waals surface area contributed by atoms with Crippen LogP contribution in [0.2, 0.25) is 0 Å². The third kappa shape index (κ3) is 3.49. The average molecular weight is 629 g/mol. The van der Waals surface area contributed by atoms with Crippen molar-refractivity contribution in [3.63, 3.8) is 0 Å². The minimum atomic E-state index is 0.422. The summed E-state index contributed by atoms with van der Waals surface area (Å²) in [4.78, 5) is 0. The van der Waals surface area contributed by atoms with Crippen LogP contribution in [0.5, 0.6) is 0 Å². The van der Waals surface area contributed by atoms with Crippen molar-refractivity contribution in [3.8, 4) is 46.5 Å². The molecule has 0 atom stereocenters. The minimum Gasteiger partial charge on any atom is -0.192 e. The first-order valence-electron chi connectivity index (χ1n) is 16.3. The number of nitrogens with zero attached hydrogens (tertiary/aromatic N) is 4. The van der Waals surface area contributed by atoms with Gasteiger partial charge in [-0.2, -0.15) is 21.0 Å². The van der Waals surface area contributed by atoms with E-state index >= 15 is 0 Å². The van der Waals surface area contributed by atoms with E-state index in [0.29, 0.717) is 22.3 Å². The number of hydrogen-bond donors (Lipinski definition) is 0. The van der Waals surface area contributed by atoms with Gasteiger partial charge in [-0.25, -0.2) is 0 Å². The second-order valence-electron chi connectivity index (χ2n) is 12.8. The summed E-state index contributed by atoms with van der Waals surface area (Å²) < 4.78 is 0. The predicted molar refractivity (Wildman–Crippen MR) is 201 cm³/mol. The van der Waals surface area contributed by atoms with Crippen LogP contribution in [0.1, 0.15) is 22.3 Å². The van der Waals surface area contributed by atoms with Gasteiger partial charge in [0.2, 0.25) is 0 Å². The highest BCUT2D eigenvalue weighted by atomic mass is 14.3. The molecule has 10 aromatic rings. The summed E-state index contributed by atoms with van der Waals surface area (Å²) in [6.07, 6.45) is 0. The molecule has 0 saturated carbocycles. The van der Waals surface area contributed by atoms with E-state index in [-0.39, 0.29) is 0 Å². The molecule has 0 radical (unpaired) electrons. The zero-order valence-corrected chi connectivity index (χ0v) is 26.3. The highest BCUT2D eigenvalue weighted by molar-refractivity contribution is 6.42. The molecule has 10 aromatic carbocycles. The summed E-state index contributed by atoms with van der Waals surface area (Å²) >= 11 is 0. The van der Waals surface area contributed by atoms with E-state index in [2.05, 4.69) is 109 Å². The van der Waals surface area contributed by atoms with Crippen molar-refractivity contribution in [1.82, 2.24) is 0 Å². The molecule has 0 bridgehead atoms. The summed E-state index contributed by atoms with van der Waals surface area (Å²) in [5, 5.41) is 55.7. The number of fused-ring (bicyclic) bond motifs is 7. The first-order chi connectivity index (χ1) is 24.6. The van der Waals surface area contributed by atoms with E-state index in [1.165, 1.54) is 10.8 Å². The van der Waals surface area contributed by atoms with Crippen LogP contribution in [0.25, 0.3) is 97.7 Å². The second-order valence-corrected chi connectivity index (χ2v) is 12.8. The van der Waals surface area contributed by atoms with Crippen molar-refractivity contribution < 1.29 is 0 Å². The summed E-state index contributed by atoms with van der Waals surface area (Å²) in [5.74, 6) is 0. The van der Waals surface area contributed by atoms with Crippen LogP contribution >= 0.6 is 0 Å². The highest BCUT2D eigenvalue weighted by Crippen LogP contribution is 2.53. The lowest BCUT2D eigenvalue weighted by Crippen LogP contribution is -1.94. The van der Waals surface area contributed by atoms with Crippen molar-refractivity contribution in [2.24, 2.45) is 0 Å². The van der Waals surface area contributed by atoms with Crippen LogP contribution < -0.4 is 0 Å². The van der Waals surface area contributed by atoms with Crippen LogP contribution in [0, 0.1) is 45.3 Å². The molecule has 0 saturated heterocycles. The zero-order valence-electron chi connectivity index (χ0n) is 26.3. The maximum Gasteiger partial charge on any atom is 0.0998 e. The lowest BCUT2D eigenvalue weighted by Gasteiger charge is -2.19. The average Bonchev–Trinajstić information content (AvgIpc) is 3.67. The van der Waals surface area contributed by atoms with Crippen molar-refractivity contribution in [2.75, 3.05) is 0 Å². The molecule has 50 heavy (non-hydrogen) atoms. The maximum atomic E-state index is 10.5. The highest BCUT2D eigenvalue weighted by Gasteiger charge is 2.27. The number of nitriles is 4. The first kappa shape index (κ1) is 27.6. The molecule has 224 valence electrons. The normalized spacial score (nSPS) is 11.5. The van der Waals surface area contributed by atoms with Crippen LogP contribution in [-0.2, 0) is 0 Å². The van der Waals surface area contributed by atoms with Crippen LogP contribution in [0.3, 0.4) is 0 Å². The SMILES string of the molecule is N#Cc1ccc(-c2c3cc4c(cc3c(-c3ccc(C#N)cc3C#N)c3c5cccc6cccc(c23)c65)c2cccc3cccc4c32)c(C#N)c1. The smallest absolute Gasteiger partial charge is 0.0998 e. The van der Waals surface area contributed by atoms with E-state index in [4.69, 9.17) is 0 Å². The van der Waals surface area contributed by atoms with Crippen molar-refractivity contribution in [3.05, 3.63) is 144 Å². The Hall–Kier alpha value is -7.50. The Morgan fingerprint density at radius 2 is 0.720 bits per heavy atom. The van der Waals surface area contributed by atoms with Crippen molar-refractivity contribution >= 4 is 75.4 Å². The van der Waals surface area contributed by atoms with Gasteiger partial charge < -0.3 is 0 Å². The fourth-order valence-corrected chi connectivity index (χ4v) is 8.47. The van der Waals surface area contributed by atoms with Gasteiger partial charge in [-0.15, -0.1) is 0 Å². The molecule has 0 aromatic heterocycles. The molecule has 0 amide bonds. The fourth-order valence-electron chi connectivity index (χ4n) is 8.47. The van der Waals surface area contributed by atoms with Crippen LogP contribution in [-0.4, -0.2) is 0 Å². The first-order valence-corrected chi connectivity index (χ1v) is 16.3. The summed E-state index contributed by atoms with van der Waals surface area (Å²) in [7, 11) is 0. The molecule has 0 aliphatic carbocycles. The lowest BCUT2D eigenvalue weighted by molar-refractivity contribution is 1.45. The second kappa shape index (κ2) is 10.0. The number of benzene rings is 8. The van der Waals surface area contributed by atoms with Gasteiger partial charge in [0.15, 0.2) is 0 Å². The summed E-state index contributed by atoms with van der Waals surface area (Å²) in [5.41, 5.74) is 5.02. The van der Waals surface area contributed by atoms with E-state index in [1.807, 2.05) is 12.1 Å². The standard InChI is InChI=1S/C46H20N4/c47-21-25-13-15-31(29(17-25)23-49)43-39-19-37-33-9-1-5-27-6-2-10-34(41(27)33)38(37)20-40(39)44(32-16-14-26(22-48)18-30(32)24-50)46-36-12-4-8-28-7-3-11-35(42(28)36)45(43)46/h1-20H. The molecule has 4 nitrogen and oxygen atoms in total. The van der Waals surface area contributed by atoms with Gasteiger partial charge in [-0.3, -0.25) is 0 Å². The maximum absolute atomic E-state index is 10.5. The largest absolute Gasteiger partial charge is 0.192 e. The molecule has 4 heteroatoms. The number of rotatable bonds is 2. The Bertz CT molecular complexity index is 3090. The van der Waals surface area contributed by atoms with E-state index in [0.717, 1.165) is 86.9 Å². The molecule has 10 rings (SSSR count). The zero-order chi connectivity index (χ0) is 33.7. The van der Waals surface area contributed by atoms with E-state index in [1.54, 1.807) is 24.3 Å². The van der Waals surface area contributed by atoms with Gasteiger partial charge in [-0.05, 0) is 123 Å². The minimum absolute atomic E-state index is 0.422. The summed E-state index contributed by atoms with van der Waals surface area (Å²) in [6.45, 7) is 0. The van der Waals surface area contributed by atoms with Crippen molar-refractivity contribution in [2.45, 2.75) is 0 Å². The van der Waals surface area contributed by atoms with Gasteiger partial charge in [0, 0.05) is 11.1 Å². The Morgan fingerprint density at radius 3 is 1.12 bits per heavy atom. The van der Waals surface area contributed by atoms with Crippen molar-refractivity contribution in [1.29, 1.82) is 21.0 Å². The third-order valence-electron chi connectivity index (χ3n) is 10.5. The summed E-state index contributed by atoms with van der Waals surface area (Å²) in [6, 6.07) is 49.9. The fraction of sp³-hybridized carbons (Fsp3) is 0. The molecule has 0 spiro atoms.